The molecule has 0 fully saturated rings. The molecular weight excluding hydrogens is 859 g/mol. The Hall–Kier alpha value is -8.97. The van der Waals surface area contributed by atoms with Crippen molar-refractivity contribution in [3.63, 3.8) is 0 Å². The van der Waals surface area contributed by atoms with Gasteiger partial charge in [0.15, 0.2) is 11.6 Å². The van der Waals surface area contributed by atoms with Gasteiger partial charge in [0.2, 0.25) is 5.95 Å². The van der Waals surface area contributed by atoms with Crippen molar-refractivity contribution >= 4 is 75.1 Å². The molecule has 0 bridgehead atoms. The highest BCUT2D eigenvalue weighted by Crippen LogP contribution is 2.48. The van der Waals surface area contributed by atoms with E-state index in [0.717, 1.165) is 60.9 Å². The van der Waals surface area contributed by atoms with E-state index in [4.69, 9.17) is 15.0 Å². The van der Waals surface area contributed by atoms with Gasteiger partial charge >= 0.3 is 0 Å². The summed E-state index contributed by atoms with van der Waals surface area (Å²) in [6, 6.07) is 84.3. The lowest BCUT2D eigenvalue weighted by Gasteiger charge is -2.14. The summed E-state index contributed by atoms with van der Waals surface area (Å²) in [4.78, 5) is 16.2. The van der Waals surface area contributed by atoms with Crippen LogP contribution >= 0.6 is 11.3 Å². The third kappa shape index (κ3) is 6.34. The summed E-state index contributed by atoms with van der Waals surface area (Å²) in [6.45, 7) is 0. The van der Waals surface area contributed by atoms with Gasteiger partial charge in [-0.05, 0) is 58.1 Å². The molecule has 0 aliphatic heterocycles. The van der Waals surface area contributed by atoms with Gasteiger partial charge in [0.05, 0.1) is 37.2 Å². The highest BCUT2D eigenvalue weighted by molar-refractivity contribution is 7.27. The zero-order valence-corrected chi connectivity index (χ0v) is 38.0. The molecule has 14 rings (SSSR count). The van der Waals surface area contributed by atoms with E-state index in [-0.39, 0.29) is 0 Å². The van der Waals surface area contributed by atoms with Crippen molar-refractivity contribution in [3.8, 4) is 67.8 Å². The highest BCUT2D eigenvalue weighted by Gasteiger charge is 2.24. The number of hydrogen-bond donors (Lipinski definition) is 0. The summed E-state index contributed by atoms with van der Waals surface area (Å²) < 4.78 is 7.20. The molecule has 0 N–H and O–H groups in total. The number of nitrogens with zero attached hydrogens (tertiary/aromatic N) is 5. The number of aromatic nitrogens is 5. The van der Waals surface area contributed by atoms with Gasteiger partial charge in [-0.1, -0.05) is 206 Å². The van der Waals surface area contributed by atoms with Gasteiger partial charge in [0.1, 0.15) is 0 Å². The first kappa shape index (κ1) is 39.2. The van der Waals surface area contributed by atoms with E-state index < -0.39 is 0 Å². The third-order valence-electron chi connectivity index (χ3n) is 13.6. The van der Waals surface area contributed by atoms with Crippen molar-refractivity contribution in [1.29, 1.82) is 0 Å². The predicted molar refractivity (Wildman–Crippen MR) is 289 cm³/mol. The quantitative estimate of drug-likeness (QED) is 0.160. The van der Waals surface area contributed by atoms with Gasteiger partial charge < -0.3 is 4.57 Å². The lowest BCUT2D eigenvalue weighted by molar-refractivity contribution is 0.955. The van der Waals surface area contributed by atoms with E-state index in [1.807, 2.05) is 23.5 Å². The summed E-state index contributed by atoms with van der Waals surface area (Å²) >= 11 is 1.86. The fourth-order valence-corrected chi connectivity index (χ4v) is 11.8. The van der Waals surface area contributed by atoms with Gasteiger partial charge in [-0.25, -0.2) is 4.98 Å². The molecule has 0 aliphatic rings. The monoisotopic (exact) mass is 897 g/mol. The molecule has 5 nitrogen and oxygen atoms in total. The molecule has 4 heterocycles. The second kappa shape index (κ2) is 15.8. The number of thiophene rings is 1. The number of rotatable bonds is 7. The lowest BCUT2D eigenvalue weighted by Crippen LogP contribution is -2.06. The summed E-state index contributed by atoms with van der Waals surface area (Å²) in [6.07, 6.45) is 0. The van der Waals surface area contributed by atoms with Crippen LogP contribution in [-0.4, -0.2) is 24.1 Å². The standard InChI is InChI=1S/C63H39N5S/c1-4-18-40(19-5-1)43-24-16-26-45(38-43)61-64-62(46-27-17-25-44(39-46)41-20-6-2-7-21-41)66-63(65-61)68-56-33-15-12-30-49(56)51-35-37-53-52-36-34-50-48-29-11-14-32-55(48)67(57(50)59(52)69-60(53)58(51)68)54-31-13-10-28-47(54)42-22-8-3-9-23-42/h1-39H. The average Bonchev–Trinajstić information content (AvgIpc) is 4.10. The molecule has 14 aromatic rings. The van der Waals surface area contributed by atoms with Crippen LogP contribution in [0.1, 0.15) is 0 Å². The van der Waals surface area contributed by atoms with E-state index in [9.17, 15) is 0 Å². The smallest absolute Gasteiger partial charge is 0.238 e. The molecule has 0 saturated carbocycles. The Labute approximate surface area is 401 Å². The minimum atomic E-state index is 0.567. The Kier molecular flexibility index (Phi) is 9.00. The SMILES string of the molecule is c1ccc(-c2cccc(-c3nc(-c4cccc(-c5ccccc5)c4)nc(-n4c5ccccc5c5ccc6c7ccc8c9ccccc9n(-c9ccccc9-c9ccccc9)c8c7sc6c54)n3)c2)cc1. The normalized spacial score (nSPS) is 11.8. The molecule has 0 aliphatic carbocycles. The summed E-state index contributed by atoms with van der Waals surface area (Å²) in [5.41, 5.74) is 14.3. The fourth-order valence-electron chi connectivity index (χ4n) is 10.4. The molecular formula is C63H39N5S. The molecule has 6 heteroatoms. The molecule has 0 atom stereocenters. The van der Waals surface area contributed by atoms with Gasteiger partial charge in [-0.3, -0.25) is 4.57 Å². The molecule has 322 valence electrons. The van der Waals surface area contributed by atoms with E-state index in [1.165, 1.54) is 53.1 Å². The van der Waals surface area contributed by atoms with Crippen molar-refractivity contribution in [2.45, 2.75) is 0 Å². The van der Waals surface area contributed by atoms with E-state index in [0.29, 0.717) is 17.6 Å². The molecule has 0 radical (unpaired) electrons. The fraction of sp³-hybridized carbons (Fsp3) is 0. The molecule has 69 heavy (non-hydrogen) atoms. The molecule has 0 amide bonds. The van der Waals surface area contributed by atoms with Crippen molar-refractivity contribution in [3.05, 3.63) is 237 Å². The maximum Gasteiger partial charge on any atom is 0.238 e. The van der Waals surface area contributed by atoms with Crippen LogP contribution in [0.5, 0.6) is 0 Å². The Bertz CT molecular complexity index is 4200. The first-order chi connectivity index (χ1) is 34.2. The number of fused-ring (bicyclic) bond motifs is 11. The van der Waals surface area contributed by atoms with E-state index in [2.05, 4.69) is 234 Å². The van der Waals surface area contributed by atoms with Crippen LogP contribution in [0.15, 0.2) is 237 Å². The van der Waals surface area contributed by atoms with Gasteiger partial charge in [0.25, 0.3) is 0 Å². The van der Waals surface area contributed by atoms with Crippen LogP contribution in [0.25, 0.3) is 132 Å². The maximum atomic E-state index is 5.46. The summed E-state index contributed by atoms with van der Waals surface area (Å²) in [7, 11) is 0. The van der Waals surface area contributed by atoms with Crippen molar-refractivity contribution < 1.29 is 0 Å². The summed E-state index contributed by atoms with van der Waals surface area (Å²) in [5.74, 6) is 1.78. The Morgan fingerprint density at radius 2 is 0.710 bits per heavy atom. The molecule has 10 aromatic carbocycles. The topological polar surface area (TPSA) is 48.5 Å². The van der Waals surface area contributed by atoms with Crippen molar-refractivity contribution in [1.82, 2.24) is 24.1 Å². The van der Waals surface area contributed by atoms with Gasteiger partial charge in [-0.15, -0.1) is 11.3 Å². The molecule has 4 aromatic heterocycles. The van der Waals surface area contributed by atoms with Crippen molar-refractivity contribution in [2.24, 2.45) is 0 Å². The largest absolute Gasteiger partial charge is 0.307 e. The zero-order chi connectivity index (χ0) is 45.4. The van der Waals surface area contributed by atoms with Crippen LogP contribution in [-0.2, 0) is 0 Å². The Morgan fingerprint density at radius 3 is 1.28 bits per heavy atom. The minimum Gasteiger partial charge on any atom is -0.307 e. The number of para-hydroxylation sites is 3. The van der Waals surface area contributed by atoms with Crippen molar-refractivity contribution in [2.75, 3.05) is 0 Å². The van der Waals surface area contributed by atoms with E-state index in [1.54, 1.807) is 0 Å². The molecule has 0 spiro atoms. The molecule has 0 unspecified atom stereocenters. The number of hydrogen-bond acceptors (Lipinski definition) is 4. The van der Waals surface area contributed by atoms with Crippen LogP contribution in [0.2, 0.25) is 0 Å². The van der Waals surface area contributed by atoms with E-state index >= 15 is 0 Å². The van der Waals surface area contributed by atoms with Crippen LogP contribution in [0.3, 0.4) is 0 Å². The highest BCUT2D eigenvalue weighted by atomic mass is 32.1. The Balaban J connectivity index is 1.06. The van der Waals surface area contributed by atoms with Crippen LogP contribution in [0, 0.1) is 0 Å². The lowest BCUT2D eigenvalue weighted by atomic mass is 10.0. The molecule has 0 saturated heterocycles. The Morgan fingerprint density at radius 1 is 0.290 bits per heavy atom. The zero-order valence-electron chi connectivity index (χ0n) is 37.2. The van der Waals surface area contributed by atoms with Crippen LogP contribution < -0.4 is 0 Å². The second-order valence-electron chi connectivity index (χ2n) is 17.5. The van der Waals surface area contributed by atoms with Gasteiger partial charge in [0, 0.05) is 49.0 Å². The van der Waals surface area contributed by atoms with Gasteiger partial charge in [-0.2, -0.15) is 9.97 Å². The minimum absolute atomic E-state index is 0.567. The average molecular weight is 898 g/mol. The number of benzene rings is 10. The predicted octanol–water partition coefficient (Wildman–Crippen LogP) is 16.8. The summed E-state index contributed by atoms with van der Waals surface area (Å²) in [5, 5.41) is 7.16. The van der Waals surface area contributed by atoms with Crippen LogP contribution in [0.4, 0.5) is 0 Å². The second-order valence-corrected chi connectivity index (χ2v) is 18.6. The maximum absolute atomic E-state index is 5.46. The first-order valence-electron chi connectivity index (χ1n) is 23.3. The third-order valence-corrected chi connectivity index (χ3v) is 14.8. The first-order valence-corrected chi connectivity index (χ1v) is 24.1.